The van der Waals surface area contributed by atoms with Gasteiger partial charge in [0.15, 0.2) is 11.5 Å². The lowest BCUT2D eigenvalue weighted by atomic mass is 10.0. The van der Waals surface area contributed by atoms with Crippen molar-refractivity contribution >= 4 is 11.6 Å². The van der Waals surface area contributed by atoms with Crippen LogP contribution in [0.15, 0.2) is 78.2 Å². The highest BCUT2D eigenvalue weighted by Crippen LogP contribution is 2.27. The summed E-state index contributed by atoms with van der Waals surface area (Å²) in [7, 11) is 3.13. The lowest BCUT2D eigenvalue weighted by Gasteiger charge is -2.10. The number of nitrogens with one attached hydrogen (secondary N) is 1. The fourth-order valence-electron chi connectivity index (χ4n) is 2.74. The van der Waals surface area contributed by atoms with Crippen LogP contribution in [0.3, 0.4) is 0 Å². The number of rotatable bonds is 7. The van der Waals surface area contributed by atoms with Gasteiger partial charge in [0, 0.05) is 23.5 Å². The van der Waals surface area contributed by atoms with Crippen molar-refractivity contribution in [3.8, 4) is 11.5 Å². The zero-order chi connectivity index (χ0) is 19.8. The van der Waals surface area contributed by atoms with Gasteiger partial charge in [-0.3, -0.25) is 9.78 Å². The summed E-state index contributed by atoms with van der Waals surface area (Å²) in [5, 5.41) is 4.37. The molecule has 1 aromatic heterocycles. The molecule has 0 aliphatic carbocycles. The third-order valence-corrected chi connectivity index (χ3v) is 4.11. The fourth-order valence-corrected chi connectivity index (χ4v) is 2.74. The van der Waals surface area contributed by atoms with E-state index in [0.717, 1.165) is 16.7 Å². The molecule has 1 N–H and O–H groups in total. The van der Waals surface area contributed by atoms with Crippen molar-refractivity contribution in [1.82, 2.24) is 10.4 Å². The molecule has 142 valence electrons. The Hall–Kier alpha value is -3.67. The second kappa shape index (κ2) is 9.32. The third-order valence-electron chi connectivity index (χ3n) is 4.11. The molecule has 0 bridgehead atoms. The van der Waals surface area contributed by atoms with Crippen molar-refractivity contribution in [2.24, 2.45) is 5.10 Å². The molecular formula is C22H21N3O3. The van der Waals surface area contributed by atoms with E-state index in [2.05, 4.69) is 15.5 Å². The molecule has 1 amide bonds. The van der Waals surface area contributed by atoms with Gasteiger partial charge in [0.1, 0.15) is 0 Å². The van der Waals surface area contributed by atoms with Gasteiger partial charge in [-0.25, -0.2) is 5.43 Å². The van der Waals surface area contributed by atoms with Crippen LogP contribution in [0.25, 0.3) is 0 Å². The standard InChI is InChI=1S/C22H21N3O3/c1-27-19-9-8-16(14-20(19)28-2)15-21(26)24-25-22(17-6-4-3-5-7-17)18-10-12-23-13-11-18/h3-14H,15H2,1-2H3,(H,24,26). The lowest BCUT2D eigenvalue weighted by molar-refractivity contribution is -0.120. The van der Waals surface area contributed by atoms with Gasteiger partial charge in [0.2, 0.25) is 5.91 Å². The van der Waals surface area contributed by atoms with E-state index in [1.165, 1.54) is 0 Å². The molecule has 0 atom stereocenters. The molecule has 0 radical (unpaired) electrons. The number of methoxy groups -OCH3 is 2. The van der Waals surface area contributed by atoms with Crippen LogP contribution >= 0.6 is 0 Å². The molecule has 0 aliphatic heterocycles. The summed E-state index contributed by atoms with van der Waals surface area (Å²) in [6, 6.07) is 18.8. The first-order chi connectivity index (χ1) is 13.7. The third kappa shape index (κ3) is 4.73. The highest BCUT2D eigenvalue weighted by Gasteiger charge is 2.10. The van der Waals surface area contributed by atoms with Crippen molar-refractivity contribution in [3.63, 3.8) is 0 Å². The predicted octanol–water partition coefficient (Wildman–Crippen LogP) is 3.21. The van der Waals surface area contributed by atoms with E-state index in [1.54, 1.807) is 38.7 Å². The predicted molar refractivity (Wildman–Crippen MR) is 108 cm³/mol. The van der Waals surface area contributed by atoms with E-state index in [-0.39, 0.29) is 12.3 Å². The molecule has 3 rings (SSSR count). The number of amides is 1. The van der Waals surface area contributed by atoms with Crippen molar-refractivity contribution in [3.05, 3.63) is 89.7 Å². The highest BCUT2D eigenvalue weighted by atomic mass is 16.5. The first-order valence-electron chi connectivity index (χ1n) is 8.74. The van der Waals surface area contributed by atoms with Gasteiger partial charge >= 0.3 is 0 Å². The Kier molecular flexibility index (Phi) is 6.36. The summed E-state index contributed by atoms with van der Waals surface area (Å²) in [6.45, 7) is 0. The summed E-state index contributed by atoms with van der Waals surface area (Å²) in [5.41, 5.74) is 5.89. The zero-order valence-electron chi connectivity index (χ0n) is 15.8. The number of nitrogens with zero attached hydrogens (tertiary/aromatic N) is 2. The summed E-state index contributed by atoms with van der Waals surface area (Å²) in [6.07, 6.45) is 3.56. The Balaban J connectivity index is 1.78. The largest absolute Gasteiger partial charge is 0.493 e. The average Bonchev–Trinajstić information content (AvgIpc) is 2.75. The van der Waals surface area contributed by atoms with Crippen molar-refractivity contribution in [2.75, 3.05) is 14.2 Å². The maximum absolute atomic E-state index is 12.4. The number of hydrogen-bond acceptors (Lipinski definition) is 5. The number of ether oxygens (including phenoxy) is 2. The first kappa shape index (κ1) is 19.1. The highest BCUT2D eigenvalue weighted by molar-refractivity contribution is 6.13. The van der Waals surface area contributed by atoms with Crippen LogP contribution in [0.2, 0.25) is 0 Å². The van der Waals surface area contributed by atoms with Gasteiger partial charge in [0.05, 0.1) is 26.4 Å². The number of aromatic nitrogens is 1. The molecule has 2 aromatic carbocycles. The molecule has 0 saturated carbocycles. The molecule has 1 heterocycles. The van der Waals surface area contributed by atoms with E-state index >= 15 is 0 Å². The van der Waals surface area contributed by atoms with E-state index in [1.807, 2.05) is 48.5 Å². The second-order valence-electron chi connectivity index (χ2n) is 5.96. The quantitative estimate of drug-likeness (QED) is 0.508. The van der Waals surface area contributed by atoms with E-state index in [4.69, 9.17) is 9.47 Å². The minimum atomic E-state index is -0.227. The van der Waals surface area contributed by atoms with Crippen molar-refractivity contribution in [1.29, 1.82) is 0 Å². The van der Waals surface area contributed by atoms with Crippen LogP contribution in [0.5, 0.6) is 11.5 Å². The Bertz CT molecular complexity index is 916. The lowest BCUT2D eigenvalue weighted by Crippen LogP contribution is -2.22. The van der Waals surface area contributed by atoms with Gasteiger partial charge in [0.25, 0.3) is 0 Å². The molecule has 28 heavy (non-hydrogen) atoms. The Morgan fingerprint density at radius 1 is 0.929 bits per heavy atom. The molecule has 0 unspecified atom stereocenters. The molecule has 6 nitrogen and oxygen atoms in total. The second-order valence-corrected chi connectivity index (χ2v) is 5.96. The molecule has 0 aliphatic rings. The summed E-state index contributed by atoms with van der Waals surface area (Å²) >= 11 is 0. The van der Waals surface area contributed by atoms with Crippen LogP contribution in [0.4, 0.5) is 0 Å². The maximum Gasteiger partial charge on any atom is 0.244 e. The zero-order valence-corrected chi connectivity index (χ0v) is 15.8. The van der Waals surface area contributed by atoms with Crippen LogP contribution in [0.1, 0.15) is 16.7 Å². The minimum Gasteiger partial charge on any atom is -0.493 e. The fraction of sp³-hybridized carbons (Fsp3) is 0.136. The van der Waals surface area contributed by atoms with Crippen LogP contribution in [-0.4, -0.2) is 30.8 Å². The number of hydrogen-bond donors (Lipinski definition) is 1. The summed E-state index contributed by atoms with van der Waals surface area (Å²) < 4.78 is 10.5. The molecular weight excluding hydrogens is 354 g/mol. The van der Waals surface area contributed by atoms with E-state index < -0.39 is 0 Å². The van der Waals surface area contributed by atoms with Crippen molar-refractivity contribution < 1.29 is 14.3 Å². The maximum atomic E-state index is 12.4. The first-order valence-corrected chi connectivity index (χ1v) is 8.74. The van der Waals surface area contributed by atoms with Gasteiger partial charge in [-0.15, -0.1) is 0 Å². The number of carbonyl (C=O) groups excluding carboxylic acids is 1. The van der Waals surface area contributed by atoms with E-state index in [9.17, 15) is 4.79 Å². The topological polar surface area (TPSA) is 72.8 Å². The number of benzene rings is 2. The SMILES string of the molecule is COc1ccc(CC(=O)NN=C(c2ccccc2)c2ccncc2)cc1OC. The number of carbonyl (C=O) groups is 1. The number of hydrazone groups is 1. The Morgan fingerprint density at radius 3 is 2.29 bits per heavy atom. The molecule has 0 spiro atoms. The average molecular weight is 375 g/mol. The number of pyridine rings is 1. The van der Waals surface area contributed by atoms with Gasteiger partial charge in [-0.1, -0.05) is 36.4 Å². The summed E-state index contributed by atoms with van der Waals surface area (Å²) in [5.74, 6) is 0.974. The van der Waals surface area contributed by atoms with Gasteiger partial charge < -0.3 is 9.47 Å². The molecule has 0 saturated heterocycles. The van der Waals surface area contributed by atoms with Crippen LogP contribution < -0.4 is 14.9 Å². The van der Waals surface area contributed by atoms with Crippen LogP contribution in [-0.2, 0) is 11.2 Å². The Morgan fingerprint density at radius 2 is 1.61 bits per heavy atom. The molecule has 3 aromatic rings. The monoisotopic (exact) mass is 375 g/mol. The normalized spacial score (nSPS) is 11.0. The van der Waals surface area contributed by atoms with Gasteiger partial charge in [-0.2, -0.15) is 5.10 Å². The van der Waals surface area contributed by atoms with Crippen LogP contribution in [0, 0.1) is 0 Å². The minimum absolute atomic E-state index is 0.169. The smallest absolute Gasteiger partial charge is 0.244 e. The molecule has 0 fully saturated rings. The molecule has 6 heteroatoms. The Labute approximate surface area is 163 Å². The summed E-state index contributed by atoms with van der Waals surface area (Å²) in [4.78, 5) is 16.5. The van der Waals surface area contributed by atoms with Gasteiger partial charge in [-0.05, 0) is 29.8 Å². The van der Waals surface area contributed by atoms with Crippen molar-refractivity contribution in [2.45, 2.75) is 6.42 Å². The van der Waals surface area contributed by atoms with E-state index in [0.29, 0.717) is 17.2 Å².